The number of rotatable bonds is 3. The quantitative estimate of drug-likeness (QED) is 0.780. The first kappa shape index (κ1) is 12.8. The molecule has 2 rings (SSSR count). The molecule has 0 amide bonds. The van der Waals surface area contributed by atoms with E-state index in [0.717, 1.165) is 16.1 Å². The number of carbonyl (C=O) groups is 1. The summed E-state index contributed by atoms with van der Waals surface area (Å²) < 4.78 is 19.5. The maximum atomic E-state index is 13.0. The maximum absolute atomic E-state index is 13.0. The summed E-state index contributed by atoms with van der Waals surface area (Å²) in [6.07, 6.45) is 0.574. The molecule has 0 heterocycles. The number of ether oxygens (including phenoxy) is 1. The molecule has 0 atom stereocenters. The summed E-state index contributed by atoms with van der Waals surface area (Å²) in [7, 11) is 0. The molecular weight excluding hydrogens is 299 g/mol. The van der Waals surface area contributed by atoms with Crippen molar-refractivity contribution in [3.05, 3.63) is 57.8 Å². The molecule has 0 N–H and O–H groups in total. The fourth-order valence-electron chi connectivity index (χ4n) is 1.51. The zero-order valence-corrected chi connectivity index (χ0v) is 11.2. The van der Waals surface area contributed by atoms with E-state index >= 15 is 0 Å². The number of aryl methyl sites for hydroxylation is 1. The smallest absolute Gasteiger partial charge is 0.153 e. The zero-order chi connectivity index (χ0) is 13.1. The van der Waals surface area contributed by atoms with E-state index < -0.39 is 5.82 Å². The molecule has 2 nitrogen and oxygen atoms in total. The van der Waals surface area contributed by atoms with Crippen LogP contribution in [0.1, 0.15) is 15.9 Å². The monoisotopic (exact) mass is 308 g/mol. The summed E-state index contributed by atoms with van der Waals surface area (Å²) in [5, 5.41) is 0. The average Bonchev–Trinajstić information content (AvgIpc) is 2.36. The van der Waals surface area contributed by atoms with E-state index in [1.54, 1.807) is 6.07 Å². The van der Waals surface area contributed by atoms with Crippen LogP contribution in [0.5, 0.6) is 11.5 Å². The highest BCUT2D eigenvalue weighted by Crippen LogP contribution is 2.28. The largest absolute Gasteiger partial charge is 0.457 e. The molecule has 2 aromatic carbocycles. The Morgan fingerprint density at radius 2 is 2.00 bits per heavy atom. The minimum absolute atomic E-state index is 0.190. The normalized spacial score (nSPS) is 10.2. The Morgan fingerprint density at radius 3 is 2.67 bits per heavy atom. The number of hydrogen-bond acceptors (Lipinski definition) is 2. The van der Waals surface area contributed by atoms with E-state index in [2.05, 4.69) is 15.9 Å². The van der Waals surface area contributed by atoms with Crippen molar-refractivity contribution in [2.24, 2.45) is 0 Å². The summed E-state index contributed by atoms with van der Waals surface area (Å²) in [5.41, 5.74) is 1.21. The minimum Gasteiger partial charge on any atom is -0.457 e. The lowest BCUT2D eigenvalue weighted by Gasteiger charge is -2.09. The van der Waals surface area contributed by atoms with Gasteiger partial charge in [0.25, 0.3) is 0 Å². The van der Waals surface area contributed by atoms with E-state index in [9.17, 15) is 9.18 Å². The van der Waals surface area contributed by atoms with Crippen LogP contribution in [0.15, 0.2) is 40.9 Å². The Morgan fingerprint density at radius 1 is 1.22 bits per heavy atom. The fraction of sp³-hybridized carbons (Fsp3) is 0.0714. The molecular formula is C14H10BrFO2. The second-order valence-corrected chi connectivity index (χ2v) is 4.67. The van der Waals surface area contributed by atoms with Gasteiger partial charge < -0.3 is 4.74 Å². The van der Waals surface area contributed by atoms with Gasteiger partial charge >= 0.3 is 0 Å². The van der Waals surface area contributed by atoms with Crippen molar-refractivity contribution in [1.82, 2.24) is 0 Å². The molecule has 0 aliphatic carbocycles. The van der Waals surface area contributed by atoms with E-state index in [0.29, 0.717) is 17.8 Å². The van der Waals surface area contributed by atoms with Crippen molar-refractivity contribution < 1.29 is 13.9 Å². The first-order valence-electron chi connectivity index (χ1n) is 5.29. The predicted molar refractivity (Wildman–Crippen MR) is 70.7 cm³/mol. The van der Waals surface area contributed by atoms with Gasteiger partial charge in [-0.25, -0.2) is 4.39 Å². The molecule has 0 aliphatic rings. The van der Waals surface area contributed by atoms with Crippen LogP contribution in [0.3, 0.4) is 0 Å². The van der Waals surface area contributed by atoms with Crippen LogP contribution in [0.2, 0.25) is 0 Å². The van der Waals surface area contributed by atoms with Crippen LogP contribution in [0, 0.1) is 12.7 Å². The number of carbonyl (C=O) groups excluding carboxylic acids is 1. The second kappa shape index (κ2) is 5.31. The molecule has 2 aromatic rings. The van der Waals surface area contributed by atoms with Crippen LogP contribution in [0.4, 0.5) is 4.39 Å². The van der Waals surface area contributed by atoms with Crippen molar-refractivity contribution in [3.63, 3.8) is 0 Å². The minimum atomic E-state index is -0.462. The lowest BCUT2D eigenvalue weighted by atomic mass is 10.2. The summed E-state index contributed by atoms with van der Waals surface area (Å²) in [5.74, 6) is 0.481. The molecule has 0 aliphatic heterocycles. The van der Waals surface area contributed by atoms with Crippen molar-refractivity contribution in [2.75, 3.05) is 0 Å². The maximum Gasteiger partial charge on any atom is 0.153 e. The van der Waals surface area contributed by atoms with Crippen LogP contribution >= 0.6 is 15.9 Å². The molecule has 92 valence electrons. The first-order valence-corrected chi connectivity index (χ1v) is 6.08. The predicted octanol–water partition coefficient (Wildman–Crippen LogP) is 4.50. The van der Waals surface area contributed by atoms with E-state index in [1.807, 2.05) is 19.1 Å². The highest BCUT2D eigenvalue weighted by atomic mass is 79.9. The molecule has 0 bridgehead atoms. The molecule has 0 unspecified atom stereocenters. The standard InChI is InChI=1S/C14H10BrFO2/c1-9-6-12(3-4-13(9)15)18-14-5-2-11(16)7-10(14)8-17/h2-8H,1H3. The van der Waals surface area contributed by atoms with Gasteiger partial charge in [-0.1, -0.05) is 15.9 Å². The number of aldehydes is 1. The first-order chi connectivity index (χ1) is 8.60. The van der Waals surface area contributed by atoms with Crippen LogP contribution in [-0.4, -0.2) is 6.29 Å². The lowest BCUT2D eigenvalue weighted by Crippen LogP contribution is -1.92. The van der Waals surface area contributed by atoms with Crippen LogP contribution < -0.4 is 4.74 Å². The van der Waals surface area contributed by atoms with Gasteiger partial charge in [0.2, 0.25) is 0 Å². The van der Waals surface area contributed by atoms with Crippen molar-refractivity contribution in [2.45, 2.75) is 6.92 Å². The van der Waals surface area contributed by atoms with E-state index in [1.165, 1.54) is 12.1 Å². The number of benzene rings is 2. The lowest BCUT2D eigenvalue weighted by molar-refractivity contribution is 0.112. The van der Waals surface area contributed by atoms with Crippen LogP contribution in [0.25, 0.3) is 0 Å². The van der Waals surface area contributed by atoms with E-state index in [-0.39, 0.29) is 5.56 Å². The molecule has 0 fully saturated rings. The highest BCUT2D eigenvalue weighted by Gasteiger charge is 2.06. The van der Waals surface area contributed by atoms with Crippen molar-refractivity contribution >= 4 is 22.2 Å². The molecule has 0 spiro atoms. The Balaban J connectivity index is 2.33. The fourth-order valence-corrected chi connectivity index (χ4v) is 1.76. The van der Waals surface area contributed by atoms with Gasteiger partial charge in [0.15, 0.2) is 6.29 Å². The summed E-state index contributed by atoms with van der Waals surface area (Å²) in [6.45, 7) is 1.93. The van der Waals surface area contributed by atoms with E-state index in [4.69, 9.17) is 4.74 Å². The van der Waals surface area contributed by atoms with Crippen molar-refractivity contribution in [3.8, 4) is 11.5 Å². The average molecular weight is 309 g/mol. The van der Waals surface area contributed by atoms with Crippen molar-refractivity contribution in [1.29, 1.82) is 0 Å². The Bertz CT molecular complexity index is 596. The SMILES string of the molecule is Cc1cc(Oc2ccc(F)cc2C=O)ccc1Br. The summed E-state index contributed by atoms with van der Waals surface area (Å²) >= 11 is 3.39. The van der Waals surface area contributed by atoms with Gasteiger partial charge in [-0.2, -0.15) is 0 Å². The molecule has 0 saturated heterocycles. The third kappa shape index (κ3) is 2.76. The van der Waals surface area contributed by atoms with Gasteiger partial charge in [-0.15, -0.1) is 0 Å². The van der Waals surface area contributed by atoms with Gasteiger partial charge in [0.1, 0.15) is 17.3 Å². The topological polar surface area (TPSA) is 26.3 Å². The van der Waals surface area contributed by atoms with Gasteiger partial charge in [-0.3, -0.25) is 4.79 Å². The molecule has 0 saturated carbocycles. The van der Waals surface area contributed by atoms with Crippen LogP contribution in [-0.2, 0) is 0 Å². The Labute approximate surface area is 113 Å². The third-order valence-electron chi connectivity index (χ3n) is 2.46. The highest BCUT2D eigenvalue weighted by molar-refractivity contribution is 9.10. The zero-order valence-electron chi connectivity index (χ0n) is 9.61. The number of hydrogen-bond donors (Lipinski definition) is 0. The number of halogens is 2. The third-order valence-corrected chi connectivity index (χ3v) is 3.35. The van der Waals surface area contributed by atoms with Gasteiger partial charge in [-0.05, 0) is 48.9 Å². The molecule has 18 heavy (non-hydrogen) atoms. The Kier molecular flexibility index (Phi) is 3.77. The molecule has 0 aromatic heterocycles. The second-order valence-electron chi connectivity index (χ2n) is 3.81. The Hall–Kier alpha value is -1.68. The summed E-state index contributed by atoms with van der Waals surface area (Å²) in [6, 6.07) is 9.31. The molecule has 4 heteroatoms. The van der Waals surface area contributed by atoms with Gasteiger partial charge in [0, 0.05) is 4.47 Å². The molecule has 0 radical (unpaired) electrons. The van der Waals surface area contributed by atoms with Gasteiger partial charge in [0.05, 0.1) is 5.56 Å². The summed E-state index contributed by atoms with van der Waals surface area (Å²) in [4.78, 5) is 10.8.